The number of aryl methyl sites for hydroxylation is 2. The fourth-order valence-electron chi connectivity index (χ4n) is 3.40. The minimum absolute atomic E-state index is 0.0500. The summed E-state index contributed by atoms with van der Waals surface area (Å²) in [6, 6.07) is 3.15. The third-order valence-electron chi connectivity index (χ3n) is 5.10. The number of nitrogens with one attached hydrogen (secondary N) is 2. The van der Waals surface area contributed by atoms with Crippen LogP contribution in [0.4, 0.5) is 5.69 Å². The monoisotopic (exact) mass is 516 g/mol. The molecule has 0 fully saturated rings. The zero-order valence-electron chi connectivity index (χ0n) is 19.0. The van der Waals surface area contributed by atoms with Crippen LogP contribution in [0.3, 0.4) is 0 Å². The Bertz CT molecular complexity index is 1300. The van der Waals surface area contributed by atoms with E-state index in [1.807, 2.05) is 6.92 Å². The van der Waals surface area contributed by atoms with Gasteiger partial charge in [-0.25, -0.2) is 16.8 Å². The van der Waals surface area contributed by atoms with E-state index in [1.54, 1.807) is 39.8 Å². The van der Waals surface area contributed by atoms with Crippen molar-refractivity contribution in [3.05, 3.63) is 39.6 Å². The molecule has 0 radical (unpaired) electrons. The predicted octanol–water partition coefficient (Wildman–Crippen LogP) is 3.43. The van der Waals surface area contributed by atoms with Crippen LogP contribution in [-0.4, -0.2) is 45.2 Å². The van der Waals surface area contributed by atoms with Gasteiger partial charge >= 0.3 is 0 Å². The van der Waals surface area contributed by atoms with Crippen molar-refractivity contribution >= 4 is 42.9 Å². The van der Waals surface area contributed by atoms with Crippen LogP contribution in [-0.2, 0) is 20.0 Å². The lowest BCUT2D eigenvalue weighted by Gasteiger charge is -2.17. The van der Waals surface area contributed by atoms with Crippen LogP contribution in [0.15, 0.2) is 36.9 Å². The summed E-state index contributed by atoms with van der Waals surface area (Å²) in [5.41, 5.74) is 0.213. The molecule has 182 valence electrons. The molecule has 0 saturated heterocycles. The van der Waals surface area contributed by atoms with Crippen molar-refractivity contribution in [2.45, 2.75) is 51.3 Å². The van der Waals surface area contributed by atoms with E-state index in [0.717, 1.165) is 16.7 Å². The maximum atomic E-state index is 12.9. The van der Waals surface area contributed by atoms with Crippen LogP contribution in [0, 0.1) is 13.8 Å². The van der Waals surface area contributed by atoms with E-state index >= 15 is 0 Å². The minimum atomic E-state index is -3.89. The summed E-state index contributed by atoms with van der Waals surface area (Å²) in [5, 5.41) is 14.6. The molecule has 0 aromatic carbocycles. The predicted molar refractivity (Wildman–Crippen MR) is 129 cm³/mol. The standard InChI is InChI=1S/C20H28N4O6S3/c1-6-14(16-10-9-12(4)30-16)22-19-15(11-32(26,27)23-19)21-17-13(5)31-20(18(17)25)33(28,29)24(7-2)8-3/h9-11,14,21,25H,6-8H2,1-5H3,(H,22,23)/t14-/m1/s1. The lowest BCUT2D eigenvalue weighted by Crippen LogP contribution is -2.30. The first-order valence-electron chi connectivity index (χ1n) is 10.4. The second kappa shape index (κ2) is 9.49. The van der Waals surface area contributed by atoms with Crippen molar-refractivity contribution in [3.63, 3.8) is 0 Å². The molecule has 1 atom stereocenters. The molecule has 3 rings (SSSR count). The second-order valence-electron chi connectivity index (χ2n) is 7.41. The molecule has 10 nitrogen and oxygen atoms in total. The number of hydrogen-bond acceptors (Lipinski definition) is 9. The van der Waals surface area contributed by atoms with E-state index in [4.69, 9.17) is 4.42 Å². The summed E-state index contributed by atoms with van der Waals surface area (Å²) in [5.74, 6) is 0.900. The van der Waals surface area contributed by atoms with E-state index in [9.17, 15) is 21.9 Å². The van der Waals surface area contributed by atoms with E-state index in [0.29, 0.717) is 22.8 Å². The Morgan fingerprint density at radius 1 is 1.24 bits per heavy atom. The maximum Gasteiger partial charge on any atom is 0.258 e. The van der Waals surface area contributed by atoms with Gasteiger partial charge < -0.3 is 14.8 Å². The minimum Gasteiger partial charge on any atom is -0.504 e. The molecule has 0 spiro atoms. The molecule has 0 bridgehead atoms. The summed E-state index contributed by atoms with van der Waals surface area (Å²) in [6.45, 7) is 9.28. The highest BCUT2D eigenvalue weighted by Crippen LogP contribution is 2.43. The summed E-state index contributed by atoms with van der Waals surface area (Å²) < 4.78 is 59.4. The average molecular weight is 517 g/mol. The first-order valence-corrected chi connectivity index (χ1v) is 14.2. The van der Waals surface area contributed by atoms with Crippen LogP contribution < -0.4 is 10.0 Å². The lowest BCUT2D eigenvalue weighted by molar-refractivity contribution is 0.434. The fraction of sp³-hybridized carbons (Fsp3) is 0.450. The van der Waals surface area contributed by atoms with Gasteiger partial charge in [0.2, 0.25) is 0 Å². The zero-order valence-corrected chi connectivity index (χ0v) is 21.5. The molecule has 3 heterocycles. The molecular formula is C20H28N4O6S3. The van der Waals surface area contributed by atoms with Crippen molar-refractivity contribution in [2.24, 2.45) is 4.99 Å². The third-order valence-corrected chi connectivity index (χ3v) is 9.75. The van der Waals surface area contributed by atoms with Gasteiger partial charge in [0.1, 0.15) is 17.6 Å². The number of thiophene rings is 1. The smallest absolute Gasteiger partial charge is 0.258 e. The van der Waals surface area contributed by atoms with Gasteiger partial charge in [-0.2, -0.15) is 4.31 Å². The fourth-order valence-corrected chi connectivity index (χ4v) is 7.48. The van der Waals surface area contributed by atoms with Crippen LogP contribution in [0.1, 0.15) is 49.6 Å². The van der Waals surface area contributed by atoms with Crippen molar-refractivity contribution in [3.8, 4) is 5.75 Å². The third kappa shape index (κ3) is 5.10. The number of nitrogens with zero attached hydrogens (tertiary/aromatic N) is 2. The molecule has 0 saturated carbocycles. The molecule has 2 aromatic heterocycles. The van der Waals surface area contributed by atoms with Gasteiger partial charge in [-0.15, -0.1) is 11.3 Å². The Hall–Kier alpha value is -2.35. The van der Waals surface area contributed by atoms with Gasteiger partial charge in [0.05, 0.1) is 16.8 Å². The quantitative estimate of drug-likeness (QED) is 0.464. The van der Waals surface area contributed by atoms with E-state index in [-0.39, 0.29) is 34.5 Å². The summed E-state index contributed by atoms with van der Waals surface area (Å²) in [6.07, 6.45) is 0.556. The summed E-state index contributed by atoms with van der Waals surface area (Å²) in [4.78, 5) is 5.00. The Morgan fingerprint density at radius 2 is 1.91 bits per heavy atom. The van der Waals surface area contributed by atoms with Gasteiger partial charge in [0.15, 0.2) is 15.8 Å². The van der Waals surface area contributed by atoms with Crippen LogP contribution in [0.25, 0.3) is 0 Å². The van der Waals surface area contributed by atoms with Gasteiger partial charge in [-0.1, -0.05) is 20.8 Å². The number of hydrogen-bond donors (Lipinski definition) is 3. The Kier molecular flexibility index (Phi) is 7.27. The molecule has 1 aliphatic rings. The highest BCUT2D eigenvalue weighted by molar-refractivity contribution is 7.93. The number of aromatic hydroxyl groups is 1. The largest absolute Gasteiger partial charge is 0.504 e. The SMILES string of the molecule is CC[C@@H](N=C1NS(=O)(=O)C=C1Nc1c(C)sc(S(=O)(=O)N(CC)CC)c1O)c1ccc(C)o1. The highest BCUT2D eigenvalue weighted by atomic mass is 32.2. The molecule has 3 N–H and O–H groups in total. The molecule has 0 aliphatic carbocycles. The number of sulfonamides is 2. The Morgan fingerprint density at radius 3 is 2.45 bits per heavy atom. The molecule has 13 heteroatoms. The van der Waals surface area contributed by atoms with Crippen LogP contribution in [0.5, 0.6) is 5.75 Å². The van der Waals surface area contributed by atoms with E-state index in [2.05, 4.69) is 15.0 Å². The molecular weight excluding hydrogens is 488 g/mol. The highest BCUT2D eigenvalue weighted by Gasteiger charge is 2.32. The van der Waals surface area contributed by atoms with Crippen molar-refractivity contribution in [1.82, 2.24) is 9.03 Å². The van der Waals surface area contributed by atoms with Gasteiger partial charge in [-0.05, 0) is 32.4 Å². The molecule has 1 aliphatic heterocycles. The van der Waals surface area contributed by atoms with E-state index < -0.39 is 31.8 Å². The number of rotatable bonds is 9. The Labute approximate surface area is 198 Å². The van der Waals surface area contributed by atoms with Crippen LogP contribution in [0.2, 0.25) is 0 Å². The summed E-state index contributed by atoms with van der Waals surface area (Å²) >= 11 is 0.915. The number of anilines is 1. The van der Waals surface area contributed by atoms with Gasteiger partial charge in [0.25, 0.3) is 20.0 Å². The molecule has 0 amide bonds. The van der Waals surface area contributed by atoms with Crippen LogP contribution >= 0.6 is 11.3 Å². The average Bonchev–Trinajstić information content (AvgIpc) is 3.38. The second-order valence-corrected chi connectivity index (χ2v) is 12.3. The number of aliphatic imine (C=N–C) groups is 1. The van der Waals surface area contributed by atoms with Crippen molar-refractivity contribution in [2.75, 3.05) is 18.4 Å². The molecule has 0 unspecified atom stereocenters. The molecule has 33 heavy (non-hydrogen) atoms. The van der Waals surface area contributed by atoms with Gasteiger partial charge in [0, 0.05) is 18.0 Å². The van der Waals surface area contributed by atoms with Crippen molar-refractivity contribution in [1.29, 1.82) is 0 Å². The maximum absolute atomic E-state index is 12.9. The summed E-state index contributed by atoms with van der Waals surface area (Å²) in [7, 11) is -7.70. The topological polar surface area (TPSA) is 141 Å². The number of furan rings is 1. The lowest BCUT2D eigenvalue weighted by atomic mass is 10.2. The Balaban J connectivity index is 2.00. The first kappa shape index (κ1) is 25.3. The van der Waals surface area contributed by atoms with E-state index in [1.165, 1.54) is 4.31 Å². The zero-order chi connectivity index (χ0) is 24.6. The molecule has 2 aromatic rings. The van der Waals surface area contributed by atoms with Gasteiger partial charge in [-0.3, -0.25) is 9.71 Å². The normalized spacial score (nSPS) is 17.9. The first-order chi connectivity index (χ1) is 15.4. The number of amidine groups is 1. The van der Waals surface area contributed by atoms with Crippen molar-refractivity contribution < 1.29 is 26.4 Å².